The van der Waals surface area contributed by atoms with E-state index in [1.807, 2.05) is 6.07 Å². The zero-order chi connectivity index (χ0) is 17.4. The van der Waals surface area contributed by atoms with Gasteiger partial charge in [0.15, 0.2) is 0 Å². The first-order valence-corrected chi connectivity index (χ1v) is 8.73. The average Bonchev–Trinajstić information content (AvgIpc) is 3.00. The van der Waals surface area contributed by atoms with E-state index in [4.69, 9.17) is 0 Å². The Morgan fingerprint density at radius 2 is 1.40 bits per heavy atom. The van der Waals surface area contributed by atoms with Crippen LogP contribution in [0.3, 0.4) is 0 Å². The molecule has 128 valence electrons. The molecule has 3 aromatic rings. The predicted octanol–water partition coefficient (Wildman–Crippen LogP) is 6.56. The van der Waals surface area contributed by atoms with Crippen molar-refractivity contribution in [3.05, 3.63) is 87.5 Å². The monoisotopic (exact) mass is 494 g/mol. The Balaban J connectivity index is 0.000000184. The maximum absolute atomic E-state index is 3.35. The van der Waals surface area contributed by atoms with Gasteiger partial charge in [-0.05, 0) is 11.5 Å². The van der Waals surface area contributed by atoms with Crippen LogP contribution in [0.2, 0.25) is 0 Å². The summed E-state index contributed by atoms with van der Waals surface area (Å²) >= 11 is 0. The molecule has 4 rings (SSSR count). The molecule has 25 heavy (non-hydrogen) atoms. The van der Waals surface area contributed by atoms with E-state index in [1.165, 1.54) is 50.1 Å². The van der Waals surface area contributed by atoms with Crippen LogP contribution in [0.4, 0.5) is 0 Å². The first-order valence-electron chi connectivity index (χ1n) is 8.73. The van der Waals surface area contributed by atoms with E-state index in [0.717, 1.165) is 0 Å². The van der Waals surface area contributed by atoms with E-state index in [0.29, 0.717) is 5.92 Å². The second-order valence-corrected chi connectivity index (χ2v) is 6.93. The fourth-order valence-electron chi connectivity index (χ4n) is 3.72. The molecule has 0 aliphatic heterocycles. The smallest absolute Gasteiger partial charge is 0 e. The van der Waals surface area contributed by atoms with Crippen molar-refractivity contribution in [2.75, 3.05) is 0 Å². The Labute approximate surface area is 171 Å². The Hall–Kier alpha value is -1.34. The van der Waals surface area contributed by atoms with E-state index in [-0.39, 0.29) is 25.8 Å². The van der Waals surface area contributed by atoms with Crippen LogP contribution in [0.15, 0.2) is 42.5 Å². The first-order chi connectivity index (χ1) is 11.4. The summed E-state index contributed by atoms with van der Waals surface area (Å²) in [6, 6.07) is 18.2. The fraction of sp³-hybridized carbons (Fsp3) is 0.292. The zero-order valence-electron chi connectivity index (χ0n) is 16.1. The van der Waals surface area contributed by atoms with Crippen molar-refractivity contribution in [2.45, 2.75) is 47.5 Å². The van der Waals surface area contributed by atoms with Crippen LogP contribution in [0.1, 0.15) is 51.8 Å². The largest absolute Gasteiger partial charge is 0.196 e. The molecule has 1 atom stereocenters. The molecule has 0 spiro atoms. The maximum atomic E-state index is 3.35. The van der Waals surface area contributed by atoms with Gasteiger partial charge in [-0.3, -0.25) is 0 Å². The Kier molecular flexibility index (Phi) is 6.32. The molecular weight excluding hydrogens is 467 g/mol. The molecule has 1 aliphatic carbocycles. The van der Waals surface area contributed by atoms with Crippen molar-refractivity contribution in [2.24, 2.45) is 0 Å². The Bertz CT molecular complexity index is 757. The minimum Gasteiger partial charge on any atom is -0.196 e. The van der Waals surface area contributed by atoms with E-state index in [2.05, 4.69) is 84.0 Å². The molecular formula is C24H26Hf-2. The molecule has 1 heteroatoms. The third kappa shape index (κ3) is 3.49. The van der Waals surface area contributed by atoms with E-state index in [9.17, 15) is 0 Å². The van der Waals surface area contributed by atoms with Crippen molar-refractivity contribution in [3.8, 4) is 11.1 Å². The van der Waals surface area contributed by atoms with Gasteiger partial charge in [0.1, 0.15) is 0 Å². The first kappa shape index (κ1) is 20.0. The molecule has 0 fully saturated rings. The number of hydrogen-bond donors (Lipinski definition) is 0. The summed E-state index contributed by atoms with van der Waals surface area (Å²) in [6.45, 7) is 13.2. The summed E-state index contributed by atoms with van der Waals surface area (Å²) in [6.07, 6.45) is 0. The third-order valence-corrected chi connectivity index (χ3v) is 5.85. The third-order valence-electron chi connectivity index (χ3n) is 5.85. The van der Waals surface area contributed by atoms with E-state index in [1.54, 1.807) is 0 Å². The molecule has 1 aliphatic rings. The van der Waals surface area contributed by atoms with E-state index < -0.39 is 0 Å². The van der Waals surface area contributed by atoms with Crippen LogP contribution in [0.25, 0.3) is 11.1 Å². The average molecular weight is 493 g/mol. The van der Waals surface area contributed by atoms with Gasteiger partial charge in [-0.2, -0.15) is 52.1 Å². The topological polar surface area (TPSA) is 0 Å². The van der Waals surface area contributed by atoms with Gasteiger partial charge in [0.2, 0.25) is 0 Å². The summed E-state index contributed by atoms with van der Waals surface area (Å²) in [5.74, 6) is 0.502. The van der Waals surface area contributed by atoms with E-state index >= 15 is 0 Å². The van der Waals surface area contributed by atoms with Crippen molar-refractivity contribution >= 4 is 0 Å². The summed E-state index contributed by atoms with van der Waals surface area (Å²) in [5.41, 5.74) is 12.9. The minimum absolute atomic E-state index is 0. The van der Waals surface area contributed by atoms with Gasteiger partial charge < -0.3 is 0 Å². The molecule has 3 aromatic carbocycles. The van der Waals surface area contributed by atoms with Gasteiger partial charge in [-0.1, -0.05) is 71.4 Å². The summed E-state index contributed by atoms with van der Waals surface area (Å²) in [4.78, 5) is 0. The number of hydrogen-bond acceptors (Lipinski definition) is 0. The molecule has 0 saturated carbocycles. The van der Waals surface area contributed by atoms with Crippen LogP contribution in [0.5, 0.6) is 0 Å². The van der Waals surface area contributed by atoms with Gasteiger partial charge in [0, 0.05) is 25.8 Å². The minimum atomic E-state index is 0. The van der Waals surface area contributed by atoms with Crippen molar-refractivity contribution < 1.29 is 25.8 Å². The molecule has 0 N–H and O–H groups in total. The van der Waals surface area contributed by atoms with Crippen LogP contribution in [-0.2, 0) is 25.8 Å². The molecule has 0 heterocycles. The summed E-state index contributed by atoms with van der Waals surface area (Å²) < 4.78 is 0. The number of rotatable bonds is 0. The van der Waals surface area contributed by atoms with Gasteiger partial charge in [-0.15, -0.1) is 11.1 Å². The van der Waals surface area contributed by atoms with Gasteiger partial charge in [-0.25, -0.2) is 0 Å². The van der Waals surface area contributed by atoms with Crippen LogP contribution in [-0.4, -0.2) is 0 Å². The van der Waals surface area contributed by atoms with Gasteiger partial charge in [0.05, 0.1) is 0 Å². The molecule has 0 radical (unpaired) electrons. The second kappa shape index (κ2) is 7.91. The Morgan fingerprint density at radius 3 is 1.96 bits per heavy atom. The molecule has 0 nitrogen and oxygen atoms in total. The van der Waals surface area contributed by atoms with Gasteiger partial charge in [0.25, 0.3) is 0 Å². The van der Waals surface area contributed by atoms with Crippen molar-refractivity contribution in [1.29, 1.82) is 0 Å². The quantitative estimate of drug-likeness (QED) is 0.246. The second-order valence-electron chi connectivity index (χ2n) is 6.93. The maximum Gasteiger partial charge on any atom is 0 e. The fourth-order valence-corrected chi connectivity index (χ4v) is 3.72. The van der Waals surface area contributed by atoms with Crippen molar-refractivity contribution in [3.63, 3.8) is 0 Å². The molecule has 0 saturated heterocycles. The molecule has 0 amide bonds. The summed E-state index contributed by atoms with van der Waals surface area (Å²) in [5, 5.41) is 0. The molecule has 0 bridgehead atoms. The predicted molar refractivity (Wildman–Crippen MR) is 104 cm³/mol. The number of benzene rings is 2. The van der Waals surface area contributed by atoms with Crippen LogP contribution in [0, 0.1) is 40.7 Å². The number of fused-ring (bicyclic) bond motifs is 3. The molecule has 0 aromatic heterocycles. The zero-order valence-corrected chi connectivity index (χ0v) is 19.7. The van der Waals surface area contributed by atoms with Crippen LogP contribution >= 0.6 is 0 Å². The normalized spacial score (nSPS) is 14.1. The molecule has 1 unspecified atom stereocenters. The van der Waals surface area contributed by atoms with Gasteiger partial charge >= 0.3 is 0 Å². The Morgan fingerprint density at radius 1 is 0.840 bits per heavy atom. The van der Waals surface area contributed by atoms with Crippen molar-refractivity contribution in [1.82, 2.24) is 0 Å². The summed E-state index contributed by atoms with van der Waals surface area (Å²) in [7, 11) is 0. The SMILES string of the molecule is CC1c2[c-]cccc2-c2ccccc21.Cc1c(C)c(C)[c-](C)c1C.[Hf]. The standard InChI is InChI=1S/C14H11.C10H15.Hf/c1-10-11-6-2-4-8-13(11)14-9-5-3-7-12(10)14;1-6-7(2)9(4)10(5)8(6)3;/h2-6,8-10H,1H3;1-5H3;/q2*-1;. The van der Waals surface area contributed by atoms with Crippen LogP contribution < -0.4 is 0 Å².